The van der Waals surface area contributed by atoms with E-state index in [-0.39, 0.29) is 18.1 Å². The Hall–Kier alpha value is -2.86. The molecule has 2 aliphatic rings. The molecule has 0 bridgehead atoms. The van der Waals surface area contributed by atoms with E-state index in [9.17, 15) is 9.59 Å². The number of nitrogens with zero attached hydrogens (tertiary/aromatic N) is 2. The molecule has 1 unspecified atom stereocenters. The first-order chi connectivity index (χ1) is 16.3. The molecule has 182 valence electrons. The van der Waals surface area contributed by atoms with E-state index in [0.717, 1.165) is 51.9 Å². The molecule has 0 radical (unpaired) electrons. The second-order valence-electron chi connectivity index (χ2n) is 10.3. The van der Waals surface area contributed by atoms with Gasteiger partial charge in [0.1, 0.15) is 5.75 Å². The van der Waals surface area contributed by atoms with Crippen LogP contribution in [-0.4, -0.2) is 59.1 Å². The summed E-state index contributed by atoms with van der Waals surface area (Å²) in [6.07, 6.45) is 3.70. The molecule has 1 N–H and O–H groups in total. The Balaban J connectivity index is 1.37. The van der Waals surface area contributed by atoms with Crippen LogP contribution < -0.4 is 4.74 Å². The lowest BCUT2D eigenvalue weighted by molar-refractivity contribution is -0.140. The summed E-state index contributed by atoms with van der Waals surface area (Å²) < 4.78 is 5.22. The van der Waals surface area contributed by atoms with E-state index in [1.54, 1.807) is 0 Å². The van der Waals surface area contributed by atoms with Crippen molar-refractivity contribution in [1.82, 2.24) is 9.80 Å². The average Bonchev–Trinajstić information content (AvgIpc) is 3.06. The van der Waals surface area contributed by atoms with Crippen molar-refractivity contribution in [1.29, 1.82) is 0 Å². The number of likely N-dealkylation sites (tertiary alicyclic amines) is 2. The van der Waals surface area contributed by atoms with Crippen LogP contribution in [0.1, 0.15) is 44.2 Å². The van der Waals surface area contributed by atoms with Gasteiger partial charge in [-0.05, 0) is 68.0 Å². The van der Waals surface area contributed by atoms with Crippen LogP contribution in [0.25, 0.3) is 0 Å². The normalized spacial score (nSPS) is 20.3. The SMILES string of the molecule is CC(C)CN1C(=O)C2(CCN(Cc3ccc(OCC(=O)O)cc3)CC2)CC1Cc1ccccc1. The van der Waals surface area contributed by atoms with Crippen LogP contribution in [0, 0.1) is 11.3 Å². The van der Waals surface area contributed by atoms with E-state index in [0.29, 0.717) is 17.6 Å². The maximum atomic E-state index is 13.7. The number of carboxylic acids is 1. The summed E-state index contributed by atoms with van der Waals surface area (Å²) in [6, 6.07) is 18.4. The van der Waals surface area contributed by atoms with Gasteiger partial charge in [0, 0.05) is 19.1 Å². The quantitative estimate of drug-likeness (QED) is 0.601. The molecule has 34 heavy (non-hydrogen) atoms. The van der Waals surface area contributed by atoms with Crippen LogP contribution >= 0.6 is 0 Å². The van der Waals surface area contributed by atoms with Gasteiger partial charge in [-0.1, -0.05) is 56.3 Å². The highest BCUT2D eigenvalue weighted by Crippen LogP contribution is 2.45. The molecule has 0 aromatic heterocycles. The lowest BCUT2D eigenvalue weighted by Gasteiger charge is -2.38. The molecule has 2 aliphatic heterocycles. The molecule has 6 heteroatoms. The molecule has 6 nitrogen and oxygen atoms in total. The third kappa shape index (κ3) is 5.79. The maximum absolute atomic E-state index is 13.7. The fraction of sp³-hybridized carbons (Fsp3) is 0.500. The first-order valence-electron chi connectivity index (χ1n) is 12.4. The molecule has 2 aromatic rings. The first-order valence-corrected chi connectivity index (χ1v) is 12.4. The van der Waals surface area contributed by atoms with Crippen molar-refractivity contribution in [3.8, 4) is 5.75 Å². The second kappa shape index (κ2) is 10.6. The highest BCUT2D eigenvalue weighted by atomic mass is 16.5. The number of benzene rings is 2. The Morgan fingerprint density at radius 1 is 1.06 bits per heavy atom. The Morgan fingerprint density at radius 3 is 2.35 bits per heavy atom. The largest absolute Gasteiger partial charge is 0.482 e. The number of ether oxygens (including phenoxy) is 1. The lowest BCUT2D eigenvalue weighted by atomic mass is 9.75. The second-order valence-corrected chi connectivity index (χ2v) is 10.3. The van der Waals surface area contributed by atoms with E-state index in [4.69, 9.17) is 9.84 Å². The van der Waals surface area contributed by atoms with Gasteiger partial charge in [0.25, 0.3) is 0 Å². The first kappa shape index (κ1) is 24.3. The summed E-state index contributed by atoms with van der Waals surface area (Å²) in [7, 11) is 0. The number of amides is 1. The van der Waals surface area contributed by atoms with Crippen LogP contribution in [0.15, 0.2) is 54.6 Å². The van der Waals surface area contributed by atoms with Crippen LogP contribution in [0.4, 0.5) is 0 Å². The predicted molar refractivity (Wildman–Crippen MR) is 132 cm³/mol. The van der Waals surface area contributed by atoms with E-state index in [2.05, 4.69) is 47.9 Å². The summed E-state index contributed by atoms with van der Waals surface area (Å²) in [5.41, 5.74) is 2.25. The van der Waals surface area contributed by atoms with Gasteiger partial charge >= 0.3 is 5.97 Å². The molecule has 1 spiro atoms. The third-order valence-electron chi connectivity index (χ3n) is 7.16. The fourth-order valence-corrected chi connectivity index (χ4v) is 5.46. The summed E-state index contributed by atoms with van der Waals surface area (Å²) in [6.45, 7) is 7.54. The van der Waals surface area contributed by atoms with E-state index < -0.39 is 5.97 Å². The van der Waals surface area contributed by atoms with Crippen LogP contribution in [-0.2, 0) is 22.6 Å². The molecule has 4 rings (SSSR count). The number of piperidine rings is 1. The Morgan fingerprint density at radius 2 is 1.74 bits per heavy atom. The van der Waals surface area contributed by atoms with Crippen molar-refractivity contribution in [2.24, 2.45) is 11.3 Å². The van der Waals surface area contributed by atoms with Gasteiger partial charge in [0.15, 0.2) is 6.61 Å². The molecule has 1 amide bonds. The van der Waals surface area contributed by atoms with E-state index in [1.807, 2.05) is 30.3 Å². The number of hydrogen-bond acceptors (Lipinski definition) is 4. The summed E-state index contributed by atoms with van der Waals surface area (Å²) in [4.78, 5) is 28.9. The molecule has 0 saturated carbocycles. The summed E-state index contributed by atoms with van der Waals surface area (Å²) in [5, 5.41) is 8.74. The van der Waals surface area contributed by atoms with Crippen molar-refractivity contribution in [2.75, 3.05) is 26.2 Å². The minimum Gasteiger partial charge on any atom is -0.482 e. The van der Waals surface area contributed by atoms with Gasteiger partial charge in [-0.15, -0.1) is 0 Å². The van der Waals surface area contributed by atoms with Crippen molar-refractivity contribution < 1.29 is 19.4 Å². The van der Waals surface area contributed by atoms with Crippen molar-refractivity contribution in [3.05, 3.63) is 65.7 Å². The number of carbonyl (C=O) groups excluding carboxylic acids is 1. The van der Waals surface area contributed by atoms with E-state index >= 15 is 0 Å². The predicted octanol–water partition coefficient (Wildman–Crippen LogP) is 4.23. The van der Waals surface area contributed by atoms with Crippen molar-refractivity contribution >= 4 is 11.9 Å². The zero-order valence-corrected chi connectivity index (χ0v) is 20.3. The van der Waals surface area contributed by atoms with Crippen LogP contribution in [0.5, 0.6) is 5.75 Å². The number of rotatable bonds is 9. The fourth-order valence-electron chi connectivity index (χ4n) is 5.46. The van der Waals surface area contributed by atoms with Gasteiger partial charge < -0.3 is 14.7 Å². The van der Waals surface area contributed by atoms with Crippen LogP contribution in [0.3, 0.4) is 0 Å². The van der Waals surface area contributed by atoms with Crippen LogP contribution in [0.2, 0.25) is 0 Å². The third-order valence-corrected chi connectivity index (χ3v) is 7.16. The van der Waals surface area contributed by atoms with Crippen molar-refractivity contribution in [2.45, 2.75) is 52.1 Å². The molecular formula is C28H36N2O4. The average molecular weight is 465 g/mol. The number of hydrogen-bond donors (Lipinski definition) is 1. The molecule has 2 aromatic carbocycles. The van der Waals surface area contributed by atoms with Gasteiger partial charge in [-0.2, -0.15) is 0 Å². The summed E-state index contributed by atoms with van der Waals surface area (Å²) >= 11 is 0. The van der Waals surface area contributed by atoms with Gasteiger partial charge in [-0.3, -0.25) is 9.69 Å². The maximum Gasteiger partial charge on any atom is 0.341 e. The highest BCUT2D eigenvalue weighted by Gasteiger charge is 2.52. The van der Waals surface area contributed by atoms with Gasteiger partial charge in [0.05, 0.1) is 5.41 Å². The molecule has 2 saturated heterocycles. The van der Waals surface area contributed by atoms with Gasteiger partial charge in [0.2, 0.25) is 5.91 Å². The minimum absolute atomic E-state index is 0.223. The standard InChI is InChI=1S/C28H36N2O4/c1-21(2)18-30-24(16-22-6-4-3-5-7-22)17-28(27(30)33)12-14-29(15-13-28)19-23-8-10-25(11-9-23)34-20-26(31)32/h3-11,21,24H,12-20H2,1-2H3,(H,31,32). The smallest absolute Gasteiger partial charge is 0.341 e. The molecular weight excluding hydrogens is 428 g/mol. The molecule has 0 aliphatic carbocycles. The van der Waals surface area contributed by atoms with Gasteiger partial charge in [-0.25, -0.2) is 4.79 Å². The Labute approximate surface area is 202 Å². The minimum atomic E-state index is -0.981. The highest BCUT2D eigenvalue weighted by molar-refractivity contribution is 5.85. The molecule has 1 atom stereocenters. The Kier molecular flexibility index (Phi) is 7.57. The summed E-state index contributed by atoms with van der Waals surface area (Å²) in [5.74, 6) is 0.405. The number of carbonyl (C=O) groups is 2. The molecule has 2 heterocycles. The van der Waals surface area contributed by atoms with E-state index in [1.165, 1.54) is 11.1 Å². The topological polar surface area (TPSA) is 70.1 Å². The monoisotopic (exact) mass is 464 g/mol. The lowest BCUT2D eigenvalue weighted by Crippen LogP contribution is -2.45. The number of aliphatic carboxylic acids is 1. The van der Waals surface area contributed by atoms with Crippen molar-refractivity contribution in [3.63, 3.8) is 0 Å². The number of carboxylic acid groups (broad SMARTS) is 1. The Bertz CT molecular complexity index is 966. The molecule has 2 fully saturated rings. The zero-order chi connectivity index (χ0) is 24.1. The zero-order valence-electron chi connectivity index (χ0n) is 20.3.